The number of rotatable bonds is 4. The lowest BCUT2D eigenvalue weighted by molar-refractivity contribution is 0.000162. The van der Waals surface area contributed by atoms with E-state index in [2.05, 4.69) is 13.0 Å². The first kappa shape index (κ1) is 12.1. The molecule has 1 aromatic carbocycles. The highest BCUT2D eigenvalue weighted by molar-refractivity contribution is 5.98. The second kappa shape index (κ2) is 4.88. The van der Waals surface area contributed by atoms with Crippen LogP contribution in [-0.2, 0) is 0 Å². The first-order valence-corrected chi connectivity index (χ1v) is 6.26. The lowest BCUT2D eigenvalue weighted by Gasteiger charge is -2.31. The summed E-state index contributed by atoms with van der Waals surface area (Å²) in [6, 6.07) is 8.18. The number of fused-ring (bicyclic) bond motifs is 1. The minimum absolute atomic E-state index is 0.131. The van der Waals surface area contributed by atoms with Crippen LogP contribution >= 0.6 is 0 Å². The van der Waals surface area contributed by atoms with Crippen molar-refractivity contribution in [3.8, 4) is 0 Å². The van der Waals surface area contributed by atoms with Crippen LogP contribution in [0, 0.1) is 0 Å². The predicted molar refractivity (Wildman–Crippen MR) is 68.6 cm³/mol. The summed E-state index contributed by atoms with van der Waals surface area (Å²) in [6.07, 6.45) is 3.35. The minimum Gasteiger partial charge on any atom is -0.268 e. The Morgan fingerprint density at radius 2 is 2.00 bits per heavy atom. The van der Waals surface area contributed by atoms with Crippen molar-refractivity contribution in [2.45, 2.75) is 32.2 Å². The molecule has 1 unspecified atom stereocenters. The average Bonchev–Trinajstić information content (AvgIpc) is 2.60. The molecule has 0 aliphatic carbocycles. The van der Waals surface area contributed by atoms with Gasteiger partial charge in [0, 0.05) is 19.7 Å². The number of benzene rings is 1. The molecule has 0 saturated carbocycles. The van der Waals surface area contributed by atoms with Gasteiger partial charge in [0.25, 0.3) is 5.91 Å². The summed E-state index contributed by atoms with van der Waals surface area (Å²) in [5, 5.41) is 3.78. The summed E-state index contributed by atoms with van der Waals surface area (Å²) < 4.78 is 0. The highest BCUT2D eigenvalue weighted by Gasteiger charge is 2.37. The molecule has 1 atom stereocenters. The van der Waals surface area contributed by atoms with Crippen molar-refractivity contribution in [3.63, 3.8) is 0 Å². The van der Waals surface area contributed by atoms with E-state index < -0.39 is 0 Å². The molecule has 2 rings (SSSR count). The highest BCUT2D eigenvalue weighted by atomic mass is 16.2. The quantitative estimate of drug-likeness (QED) is 0.797. The molecule has 0 bridgehead atoms. The normalized spacial score (nSPS) is 18.9. The number of hydrazine groups is 1. The van der Waals surface area contributed by atoms with Gasteiger partial charge >= 0.3 is 0 Å². The number of carbonyl (C=O) groups excluding carboxylic acids is 1. The molecule has 3 nitrogen and oxygen atoms in total. The van der Waals surface area contributed by atoms with Crippen LogP contribution in [0.5, 0.6) is 0 Å². The zero-order chi connectivity index (χ0) is 12.4. The lowest BCUT2D eigenvalue weighted by atomic mass is 10.0. The van der Waals surface area contributed by atoms with E-state index in [1.54, 1.807) is 0 Å². The maximum atomic E-state index is 12.3. The van der Waals surface area contributed by atoms with Crippen LogP contribution in [0.15, 0.2) is 24.3 Å². The third-order valence-electron chi connectivity index (χ3n) is 3.32. The van der Waals surface area contributed by atoms with Gasteiger partial charge < -0.3 is 0 Å². The first-order valence-electron chi connectivity index (χ1n) is 6.26. The molecule has 0 fully saturated rings. The molecular formula is C14H20N2O. The van der Waals surface area contributed by atoms with E-state index in [1.165, 1.54) is 5.56 Å². The van der Waals surface area contributed by atoms with Crippen molar-refractivity contribution in [1.29, 1.82) is 0 Å². The molecule has 3 heteroatoms. The molecule has 1 aliphatic heterocycles. The van der Waals surface area contributed by atoms with Gasteiger partial charge in [-0.25, -0.2) is 5.01 Å². The van der Waals surface area contributed by atoms with Gasteiger partial charge in [0.1, 0.15) is 0 Å². The van der Waals surface area contributed by atoms with E-state index in [0.717, 1.165) is 24.8 Å². The summed E-state index contributed by atoms with van der Waals surface area (Å²) in [4.78, 5) is 12.3. The Kier molecular flexibility index (Phi) is 3.48. The zero-order valence-corrected chi connectivity index (χ0v) is 10.8. The molecule has 0 spiro atoms. The fourth-order valence-corrected chi connectivity index (χ4v) is 2.51. The van der Waals surface area contributed by atoms with Gasteiger partial charge in [0.05, 0.1) is 6.04 Å². The van der Waals surface area contributed by atoms with Crippen molar-refractivity contribution in [2.24, 2.45) is 0 Å². The van der Waals surface area contributed by atoms with E-state index in [9.17, 15) is 4.79 Å². The van der Waals surface area contributed by atoms with E-state index in [0.29, 0.717) is 0 Å². The lowest BCUT2D eigenvalue weighted by Crippen LogP contribution is -2.39. The summed E-state index contributed by atoms with van der Waals surface area (Å²) in [7, 11) is 3.87. The Balaban J connectivity index is 2.35. The number of nitrogens with zero attached hydrogens (tertiary/aromatic N) is 2. The maximum Gasteiger partial charge on any atom is 0.269 e. The summed E-state index contributed by atoms with van der Waals surface area (Å²) in [5.41, 5.74) is 2.04. The number of hydrogen-bond donors (Lipinski definition) is 0. The fourth-order valence-electron chi connectivity index (χ4n) is 2.51. The van der Waals surface area contributed by atoms with Gasteiger partial charge in [0.15, 0.2) is 0 Å². The third-order valence-corrected chi connectivity index (χ3v) is 3.32. The van der Waals surface area contributed by atoms with E-state index in [-0.39, 0.29) is 11.9 Å². The number of amides is 1. The monoisotopic (exact) mass is 232 g/mol. The standard InChI is InChI=1S/C14H20N2O/c1-4-5-10-13-11-8-6-7-9-12(11)14(17)16(13)15(2)3/h6-9,13H,4-5,10H2,1-3H3. The number of unbranched alkanes of at least 4 members (excludes halogenated alkanes) is 1. The molecule has 17 heavy (non-hydrogen) atoms. The van der Waals surface area contributed by atoms with Crippen molar-refractivity contribution < 1.29 is 4.79 Å². The molecule has 1 aliphatic rings. The number of carbonyl (C=O) groups is 1. The summed E-state index contributed by atoms with van der Waals surface area (Å²) in [5.74, 6) is 0.131. The number of hydrogen-bond acceptors (Lipinski definition) is 2. The molecule has 0 radical (unpaired) electrons. The van der Waals surface area contributed by atoms with Gasteiger partial charge in [-0.1, -0.05) is 38.0 Å². The molecule has 1 heterocycles. The second-order valence-electron chi connectivity index (χ2n) is 4.74. The van der Waals surface area contributed by atoms with Crippen LogP contribution in [0.25, 0.3) is 0 Å². The summed E-state index contributed by atoms with van der Waals surface area (Å²) >= 11 is 0. The zero-order valence-electron chi connectivity index (χ0n) is 10.8. The average molecular weight is 232 g/mol. The first-order chi connectivity index (χ1) is 8.16. The van der Waals surface area contributed by atoms with Gasteiger partial charge in [-0.15, -0.1) is 0 Å². The molecule has 92 valence electrons. The van der Waals surface area contributed by atoms with Crippen LogP contribution in [-0.4, -0.2) is 30.0 Å². The fraction of sp³-hybridized carbons (Fsp3) is 0.500. The largest absolute Gasteiger partial charge is 0.269 e. The van der Waals surface area contributed by atoms with Crippen LogP contribution in [0.2, 0.25) is 0 Å². The van der Waals surface area contributed by atoms with Crippen LogP contribution in [0.1, 0.15) is 48.1 Å². The Morgan fingerprint density at radius 1 is 1.29 bits per heavy atom. The van der Waals surface area contributed by atoms with Crippen LogP contribution in [0.3, 0.4) is 0 Å². The Morgan fingerprint density at radius 3 is 2.65 bits per heavy atom. The van der Waals surface area contributed by atoms with Crippen LogP contribution < -0.4 is 0 Å². The Hall–Kier alpha value is -1.35. The Bertz CT molecular complexity index is 414. The Labute approximate surface area is 103 Å². The second-order valence-corrected chi connectivity index (χ2v) is 4.74. The van der Waals surface area contributed by atoms with Gasteiger partial charge in [-0.3, -0.25) is 9.80 Å². The van der Waals surface area contributed by atoms with Crippen molar-refractivity contribution in [1.82, 2.24) is 10.0 Å². The van der Waals surface area contributed by atoms with Gasteiger partial charge in [-0.05, 0) is 18.1 Å². The minimum atomic E-state index is 0.131. The maximum absolute atomic E-state index is 12.3. The van der Waals surface area contributed by atoms with E-state index >= 15 is 0 Å². The highest BCUT2D eigenvalue weighted by Crippen LogP contribution is 2.37. The van der Waals surface area contributed by atoms with Crippen molar-refractivity contribution in [3.05, 3.63) is 35.4 Å². The molecular weight excluding hydrogens is 212 g/mol. The summed E-state index contributed by atoms with van der Waals surface area (Å²) in [6.45, 7) is 2.18. The molecule has 0 N–H and O–H groups in total. The molecule has 1 aromatic rings. The molecule has 0 aromatic heterocycles. The van der Waals surface area contributed by atoms with Gasteiger partial charge in [-0.2, -0.15) is 0 Å². The van der Waals surface area contributed by atoms with Crippen LogP contribution in [0.4, 0.5) is 0 Å². The third kappa shape index (κ3) is 2.07. The van der Waals surface area contributed by atoms with Crippen molar-refractivity contribution >= 4 is 5.91 Å². The smallest absolute Gasteiger partial charge is 0.268 e. The van der Waals surface area contributed by atoms with Gasteiger partial charge in [0.2, 0.25) is 0 Å². The van der Waals surface area contributed by atoms with Crippen molar-refractivity contribution in [2.75, 3.05) is 14.1 Å². The topological polar surface area (TPSA) is 23.6 Å². The SMILES string of the molecule is CCCCC1c2ccccc2C(=O)N1N(C)C. The van der Waals surface area contributed by atoms with E-state index in [4.69, 9.17) is 0 Å². The predicted octanol–water partition coefficient (Wildman–Crippen LogP) is 2.85. The molecule has 0 saturated heterocycles. The van der Waals surface area contributed by atoms with E-state index in [1.807, 2.05) is 42.3 Å². The molecule has 1 amide bonds.